The van der Waals surface area contributed by atoms with Crippen LogP contribution in [0.1, 0.15) is 24.8 Å². The molecule has 1 heterocycles. The van der Waals surface area contributed by atoms with E-state index in [4.69, 9.17) is 5.73 Å². The van der Waals surface area contributed by atoms with Gasteiger partial charge in [0.1, 0.15) is 0 Å². The molecule has 3 nitrogen and oxygen atoms in total. The SMILES string of the molecule is CC(CN1CC(N)CC1=O)c1ccccc1. The topological polar surface area (TPSA) is 46.3 Å². The highest BCUT2D eigenvalue weighted by atomic mass is 16.2. The Kier molecular flexibility index (Phi) is 3.25. The van der Waals surface area contributed by atoms with Crippen LogP contribution in [-0.4, -0.2) is 29.9 Å². The van der Waals surface area contributed by atoms with E-state index in [9.17, 15) is 4.79 Å². The van der Waals surface area contributed by atoms with Crippen LogP contribution in [0, 0.1) is 0 Å². The summed E-state index contributed by atoms with van der Waals surface area (Å²) in [5, 5.41) is 0. The Labute approximate surface area is 96.2 Å². The van der Waals surface area contributed by atoms with Gasteiger partial charge in [-0.15, -0.1) is 0 Å². The summed E-state index contributed by atoms with van der Waals surface area (Å²) in [4.78, 5) is 13.5. The Morgan fingerprint density at radius 3 is 2.69 bits per heavy atom. The second kappa shape index (κ2) is 4.66. The fourth-order valence-electron chi connectivity index (χ4n) is 2.20. The zero-order valence-corrected chi connectivity index (χ0v) is 9.60. The quantitative estimate of drug-likeness (QED) is 0.832. The summed E-state index contributed by atoms with van der Waals surface area (Å²) >= 11 is 0. The van der Waals surface area contributed by atoms with Crippen LogP contribution in [0.5, 0.6) is 0 Å². The molecule has 2 rings (SSSR count). The van der Waals surface area contributed by atoms with Crippen molar-refractivity contribution < 1.29 is 4.79 Å². The van der Waals surface area contributed by atoms with E-state index in [1.54, 1.807) is 0 Å². The molecule has 1 aromatic carbocycles. The highest BCUT2D eigenvalue weighted by Gasteiger charge is 2.27. The Morgan fingerprint density at radius 1 is 1.44 bits per heavy atom. The van der Waals surface area contributed by atoms with Crippen molar-refractivity contribution in [1.29, 1.82) is 0 Å². The summed E-state index contributed by atoms with van der Waals surface area (Å²) in [6.45, 7) is 3.62. The second-order valence-electron chi connectivity index (χ2n) is 4.57. The first-order chi connectivity index (χ1) is 7.66. The van der Waals surface area contributed by atoms with Gasteiger partial charge in [-0.25, -0.2) is 0 Å². The summed E-state index contributed by atoms with van der Waals surface area (Å²) in [5.41, 5.74) is 7.04. The Morgan fingerprint density at radius 2 is 2.12 bits per heavy atom. The molecule has 0 radical (unpaired) electrons. The maximum absolute atomic E-state index is 11.6. The highest BCUT2D eigenvalue weighted by molar-refractivity contribution is 5.79. The Bertz CT molecular complexity index is 363. The predicted octanol–water partition coefficient (Wildman–Crippen LogP) is 1.35. The third-order valence-corrected chi connectivity index (χ3v) is 3.11. The zero-order chi connectivity index (χ0) is 11.5. The maximum atomic E-state index is 11.6. The van der Waals surface area contributed by atoms with Crippen LogP contribution in [0.4, 0.5) is 0 Å². The average molecular weight is 218 g/mol. The fourth-order valence-corrected chi connectivity index (χ4v) is 2.20. The van der Waals surface area contributed by atoms with Gasteiger partial charge in [0.15, 0.2) is 0 Å². The number of carbonyl (C=O) groups excluding carboxylic acids is 1. The van der Waals surface area contributed by atoms with E-state index in [0.717, 1.165) is 6.54 Å². The third kappa shape index (κ3) is 2.42. The van der Waals surface area contributed by atoms with E-state index in [1.807, 2.05) is 23.1 Å². The van der Waals surface area contributed by atoms with Crippen LogP contribution in [0.25, 0.3) is 0 Å². The molecule has 1 aliphatic rings. The molecule has 1 aliphatic heterocycles. The van der Waals surface area contributed by atoms with Gasteiger partial charge >= 0.3 is 0 Å². The van der Waals surface area contributed by atoms with Crippen LogP contribution in [0.15, 0.2) is 30.3 Å². The van der Waals surface area contributed by atoms with Crippen molar-refractivity contribution in [2.45, 2.75) is 25.3 Å². The molecule has 1 fully saturated rings. The van der Waals surface area contributed by atoms with Crippen LogP contribution in [-0.2, 0) is 4.79 Å². The lowest BCUT2D eigenvalue weighted by molar-refractivity contribution is -0.127. The van der Waals surface area contributed by atoms with Gasteiger partial charge in [-0.05, 0) is 11.5 Å². The molecular weight excluding hydrogens is 200 g/mol. The van der Waals surface area contributed by atoms with Crippen molar-refractivity contribution in [2.24, 2.45) is 5.73 Å². The molecule has 0 spiro atoms. The van der Waals surface area contributed by atoms with E-state index >= 15 is 0 Å². The molecule has 1 amide bonds. The number of benzene rings is 1. The average Bonchev–Trinajstić information content (AvgIpc) is 2.59. The Hall–Kier alpha value is -1.35. The van der Waals surface area contributed by atoms with Crippen molar-refractivity contribution in [1.82, 2.24) is 4.90 Å². The fraction of sp³-hybridized carbons (Fsp3) is 0.462. The van der Waals surface area contributed by atoms with Crippen LogP contribution in [0.2, 0.25) is 0 Å². The number of likely N-dealkylation sites (tertiary alicyclic amines) is 1. The molecule has 0 saturated carbocycles. The number of rotatable bonds is 3. The third-order valence-electron chi connectivity index (χ3n) is 3.11. The van der Waals surface area contributed by atoms with Crippen LogP contribution >= 0.6 is 0 Å². The van der Waals surface area contributed by atoms with Gasteiger partial charge in [-0.3, -0.25) is 4.79 Å². The first kappa shape index (κ1) is 11.1. The van der Waals surface area contributed by atoms with E-state index in [2.05, 4.69) is 19.1 Å². The molecule has 3 heteroatoms. The molecule has 1 saturated heterocycles. The van der Waals surface area contributed by atoms with Gasteiger partial charge in [-0.1, -0.05) is 37.3 Å². The summed E-state index contributed by atoms with van der Waals surface area (Å²) in [5.74, 6) is 0.561. The molecule has 2 N–H and O–H groups in total. The van der Waals surface area contributed by atoms with Crippen molar-refractivity contribution in [2.75, 3.05) is 13.1 Å². The molecule has 0 aliphatic carbocycles. The highest BCUT2D eigenvalue weighted by Crippen LogP contribution is 2.19. The van der Waals surface area contributed by atoms with Gasteiger partial charge in [0.2, 0.25) is 5.91 Å². The number of amides is 1. The standard InChI is InChI=1S/C13H18N2O/c1-10(11-5-3-2-4-6-11)8-15-9-12(14)7-13(15)16/h2-6,10,12H,7-9,14H2,1H3. The van der Waals surface area contributed by atoms with Gasteiger partial charge in [0.25, 0.3) is 0 Å². The second-order valence-corrected chi connectivity index (χ2v) is 4.57. The number of nitrogens with two attached hydrogens (primary N) is 1. The molecule has 0 bridgehead atoms. The minimum absolute atomic E-state index is 0.0236. The first-order valence-corrected chi connectivity index (χ1v) is 5.75. The van der Waals surface area contributed by atoms with Crippen LogP contribution in [0.3, 0.4) is 0 Å². The van der Waals surface area contributed by atoms with Crippen molar-refractivity contribution >= 4 is 5.91 Å². The van der Waals surface area contributed by atoms with E-state index in [1.165, 1.54) is 5.56 Å². The normalized spacial score (nSPS) is 22.5. The molecule has 16 heavy (non-hydrogen) atoms. The lowest BCUT2D eigenvalue weighted by atomic mass is 10.0. The number of hydrogen-bond acceptors (Lipinski definition) is 2. The molecule has 86 valence electrons. The zero-order valence-electron chi connectivity index (χ0n) is 9.60. The van der Waals surface area contributed by atoms with Gasteiger partial charge in [0.05, 0.1) is 0 Å². The lowest BCUT2D eigenvalue weighted by Crippen LogP contribution is -2.31. The molecule has 0 aromatic heterocycles. The molecule has 1 aromatic rings. The minimum atomic E-state index is 0.0236. The predicted molar refractivity (Wildman–Crippen MR) is 64.0 cm³/mol. The van der Waals surface area contributed by atoms with Gasteiger partial charge in [0, 0.05) is 25.6 Å². The molecular formula is C13H18N2O. The van der Waals surface area contributed by atoms with E-state index in [-0.39, 0.29) is 11.9 Å². The maximum Gasteiger partial charge on any atom is 0.224 e. The Balaban J connectivity index is 1.98. The van der Waals surface area contributed by atoms with E-state index < -0.39 is 0 Å². The molecule has 2 unspecified atom stereocenters. The smallest absolute Gasteiger partial charge is 0.224 e. The lowest BCUT2D eigenvalue weighted by Gasteiger charge is -2.21. The van der Waals surface area contributed by atoms with Gasteiger partial charge in [-0.2, -0.15) is 0 Å². The van der Waals surface area contributed by atoms with Crippen molar-refractivity contribution in [3.05, 3.63) is 35.9 Å². The summed E-state index contributed by atoms with van der Waals surface area (Å²) < 4.78 is 0. The summed E-state index contributed by atoms with van der Waals surface area (Å²) in [6.07, 6.45) is 0.501. The first-order valence-electron chi connectivity index (χ1n) is 5.75. The minimum Gasteiger partial charge on any atom is -0.340 e. The number of carbonyl (C=O) groups is 1. The summed E-state index contributed by atoms with van der Waals surface area (Å²) in [6, 6.07) is 10.3. The van der Waals surface area contributed by atoms with Gasteiger partial charge < -0.3 is 10.6 Å². The number of hydrogen-bond donors (Lipinski definition) is 1. The molecule has 2 atom stereocenters. The largest absolute Gasteiger partial charge is 0.340 e. The van der Waals surface area contributed by atoms with Crippen molar-refractivity contribution in [3.63, 3.8) is 0 Å². The number of nitrogens with zero attached hydrogens (tertiary/aromatic N) is 1. The van der Waals surface area contributed by atoms with E-state index in [0.29, 0.717) is 18.9 Å². The summed E-state index contributed by atoms with van der Waals surface area (Å²) in [7, 11) is 0. The van der Waals surface area contributed by atoms with Crippen LogP contribution < -0.4 is 5.73 Å². The van der Waals surface area contributed by atoms with Crippen molar-refractivity contribution in [3.8, 4) is 0 Å². The monoisotopic (exact) mass is 218 g/mol.